The number of para-hydroxylation sites is 1. The van der Waals surface area contributed by atoms with Crippen LogP contribution in [0.4, 0.5) is 5.69 Å². The lowest BCUT2D eigenvalue weighted by atomic mass is 9.87. The average Bonchev–Trinajstić information content (AvgIpc) is 2.74. The summed E-state index contributed by atoms with van der Waals surface area (Å²) in [5, 5.41) is 0. The smallest absolute Gasteiger partial charge is 0.230 e. The summed E-state index contributed by atoms with van der Waals surface area (Å²) in [5.74, 6) is 1.36. The summed E-state index contributed by atoms with van der Waals surface area (Å²) in [6, 6.07) is 18.4. The Morgan fingerprint density at radius 3 is 2.41 bits per heavy atom. The van der Waals surface area contributed by atoms with Gasteiger partial charge in [0.05, 0.1) is 6.61 Å². The Kier molecular flexibility index (Phi) is 7.35. The van der Waals surface area contributed by atoms with E-state index in [1.54, 1.807) is 0 Å². The summed E-state index contributed by atoms with van der Waals surface area (Å²) in [7, 11) is 0. The lowest BCUT2D eigenvalue weighted by Gasteiger charge is -2.29. The number of amides is 1. The fourth-order valence-corrected chi connectivity index (χ4v) is 4.01. The minimum Gasteiger partial charge on any atom is -0.494 e. The zero-order valence-corrected chi connectivity index (χ0v) is 18.2. The van der Waals surface area contributed by atoms with Crippen molar-refractivity contribution >= 4 is 11.6 Å². The second-order valence-electron chi connectivity index (χ2n) is 9.14. The van der Waals surface area contributed by atoms with E-state index in [0.717, 1.165) is 30.7 Å². The molecule has 0 atom stereocenters. The summed E-state index contributed by atoms with van der Waals surface area (Å²) in [6.07, 6.45) is 6.47. The van der Waals surface area contributed by atoms with Gasteiger partial charge < -0.3 is 9.64 Å². The topological polar surface area (TPSA) is 29.5 Å². The highest BCUT2D eigenvalue weighted by atomic mass is 16.5. The van der Waals surface area contributed by atoms with Crippen molar-refractivity contribution in [3.05, 3.63) is 60.2 Å². The number of nitrogens with zero attached hydrogens (tertiary/aromatic N) is 1. The zero-order chi connectivity index (χ0) is 20.7. The van der Waals surface area contributed by atoms with E-state index >= 15 is 0 Å². The van der Waals surface area contributed by atoms with Crippen molar-refractivity contribution in [3.8, 4) is 5.75 Å². The lowest BCUT2D eigenvalue weighted by molar-refractivity contribution is -0.123. The molecule has 0 unspecified atom stereocenters. The highest BCUT2D eigenvalue weighted by Gasteiger charge is 2.26. The molecule has 1 amide bonds. The molecule has 1 aliphatic rings. The van der Waals surface area contributed by atoms with E-state index in [-0.39, 0.29) is 17.2 Å². The molecule has 1 fully saturated rings. The lowest BCUT2D eigenvalue weighted by Crippen LogP contribution is -2.38. The van der Waals surface area contributed by atoms with Gasteiger partial charge in [-0.1, -0.05) is 70.4 Å². The van der Waals surface area contributed by atoms with Gasteiger partial charge in [0.1, 0.15) is 5.75 Å². The summed E-state index contributed by atoms with van der Waals surface area (Å²) >= 11 is 0. The Morgan fingerprint density at radius 1 is 1.00 bits per heavy atom. The number of carbonyl (C=O) groups is 1. The van der Waals surface area contributed by atoms with Crippen molar-refractivity contribution in [2.45, 2.75) is 64.7 Å². The van der Waals surface area contributed by atoms with Crippen LogP contribution in [-0.4, -0.2) is 19.1 Å². The standard InChI is InChI=1S/C26H35NO2/c1-26(2,3)22-14-10-17-24(20-22)29-19-11-18-27(23-15-8-5-9-16-23)25(28)21-12-6-4-7-13-21/h5,8-10,14-17,20-21H,4,6-7,11-13,18-19H2,1-3H3. The first-order valence-electron chi connectivity index (χ1n) is 11.0. The number of carbonyl (C=O) groups excluding carboxylic acids is 1. The summed E-state index contributed by atoms with van der Waals surface area (Å²) in [4.78, 5) is 15.2. The van der Waals surface area contributed by atoms with Gasteiger partial charge in [0.25, 0.3) is 0 Å². The molecule has 3 heteroatoms. The molecule has 29 heavy (non-hydrogen) atoms. The van der Waals surface area contributed by atoms with Gasteiger partial charge in [-0.05, 0) is 54.5 Å². The van der Waals surface area contributed by atoms with E-state index in [0.29, 0.717) is 13.2 Å². The third-order valence-corrected chi connectivity index (χ3v) is 5.78. The minimum absolute atomic E-state index is 0.107. The molecule has 0 aliphatic heterocycles. The van der Waals surface area contributed by atoms with E-state index in [9.17, 15) is 4.79 Å². The summed E-state index contributed by atoms with van der Waals surface area (Å²) < 4.78 is 6.02. The fraction of sp³-hybridized carbons (Fsp3) is 0.500. The molecule has 0 N–H and O–H groups in total. The molecule has 2 aromatic rings. The van der Waals surface area contributed by atoms with Gasteiger partial charge in [-0.3, -0.25) is 4.79 Å². The molecule has 2 aromatic carbocycles. The van der Waals surface area contributed by atoms with Gasteiger partial charge >= 0.3 is 0 Å². The molecule has 0 bridgehead atoms. The monoisotopic (exact) mass is 393 g/mol. The molecule has 0 heterocycles. The predicted molar refractivity (Wildman–Crippen MR) is 121 cm³/mol. The third kappa shape index (κ3) is 6.09. The predicted octanol–water partition coefficient (Wildman–Crippen LogP) is 6.37. The molecule has 1 saturated carbocycles. The molecule has 0 saturated heterocycles. The normalized spacial score (nSPS) is 15.1. The van der Waals surface area contributed by atoms with Crippen LogP contribution in [0.3, 0.4) is 0 Å². The Hall–Kier alpha value is -2.29. The number of benzene rings is 2. The number of rotatable bonds is 7. The van der Waals surface area contributed by atoms with Crippen LogP contribution < -0.4 is 9.64 Å². The molecule has 156 valence electrons. The van der Waals surface area contributed by atoms with Crippen molar-refractivity contribution < 1.29 is 9.53 Å². The van der Waals surface area contributed by atoms with Crippen LogP contribution in [0, 0.1) is 5.92 Å². The van der Waals surface area contributed by atoms with E-state index < -0.39 is 0 Å². The Balaban J connectivity index is 1.60. The Bertz CT molecular complexity index is 773. The van der Waals surface area contributed by atoms with Crippen LogP contribution in [0.15, 0.2) is 54.6 Å². The van der Waals surface area contributed by atoms with Crippen molar-refractivity contribution in [3.63, 3.8) is 0 Å². The van der Waals surface area contributed by atoms with Gasteiger partial charge in [0.2, 0.25) is 5.91 Å². The first-order chi connectivity index (χ1) is 13.9. The molecule has 3 rings (SSSR count). The maximum atomic E-state index is 13.2. The van der Waals surface area contributed by atoms with Crippen molar-refractivity contribution in [1.29, 1.82) is 0 Å². The molecule has 3 nitrogen and oxygen atoms in total. The summed E-state index contributed by atoms with van der Waals surface area (Å²) in [6.45, 7) is 7.93. The molecule has 1 aliphatic carbocycles. The Morgan fingerprint density at radius 2 is 1.72 bits per heavy atom. The van der Waals surface area contributed by atoms with Gasteiger partial charge in [-0.25, -0.2) is 0 Å². The highest BCUT2D eigenvalue weighted by Crippen LogP contribution is 2.28. The van der Waals surface area contributed by atoms with Gasteiger partial charge in [-0.15, -0.1) is 0 Å². The largest absolute Gasteiger partial charge is 0.494 e. The first kappa shape index (κ1) is 21.4. The highest BCUT2D eigenvalue weighted by molar-refractivity contribution is 5.95. The first-order valence-corrected chi connectivity index (χ1v) is 11.0. The van der Waals surface area contributed by atoms with Gasteiger partial charge in [-0.2, -0.15) is 0 Å². The minimum atomic E-state index is 0.107. The van der Waals surface area contributed by atoms with Gasteiger partial charge in [0.15, 0.2) is 0 Å². The average molecular weight is 394 g/mol. The van der Waals surface area contributed by atoms with Crippen molar-refractivity contribution in [1.82, 2.24) is 0 Å². The van der Waals surface area contributed by atoms with E-state index in [4.69, 9.17) is 4.74 Å². The molecular formula is C26H35NO2. The van der Waals surface area contributed by atoms with Gasteiger partial charge in [0, 0.05) is 18.2 Å². The number of anilines is 1. The third-order valence-electron chi connectivity index (χ3n) is 5.78. The number of hydrogen-bond donors (Lipinski definition) is 0. The summed E-state index contributed by atoms with van der Waals surface area (Å²) in [5.41, 5.74) is 2.38. The molecule has 0 aromatic heterocycles. The van der Waals surface area contributed by atoms with Crippen LogP contribution in [0.2, 0.25) is 0 Å². The van der Waals surface area contributed by atoms with Crippen molar-refractivity contribution in [2.75, 3.05) is 18.1 Å². The number of ether oxygens (including phenoxy) is 1. The van der Waals surface area contributed by atoms with E-state index in [1.807, 2.05) is 41.3 Å². The maximum absolute atomic E-state index is 13.2. The zero-order valence-electron chi connectivity index (χ0n) is 18.2. The second-order valence-corrected chi connectivity index (χ2v) is 9.14. The van der Waals surface area contributed by atoms with E-state index in [2.05, 4.69) is 39.0 Å². The van der Waals surface area contributed by atoms with Crippen LogP contribution in [-0.2, 0) is 10.2 Å². The quantitative estimate of drug-likeness (QED) is 0.512. The molecule has 0 spiro atoms. The van der Waals surface area contributed by atoms with Crippen LogP contribution in [0.25, 0.3) is 0 Å². The van der Waals surface area contributed by atoms with Crippen LogP contribution >= 0.6 is 0 Å². The van der Waals surface area contributed by atoms with Crippen LogP contribution in [0.1, 0.15) is 64.9 Å². The second kappa shape index (κ2) is 9.96. The SMILES string of the molecule is CC(C)(C)c1cccc(OCCCN(C(=O)C2CCCCC2)c2ccccc2)c1. The Labute approximate surface area is 176 Å². The van der Waals surface area contributed by atoms with Crippen molar-refractivity contribution in [2.24, 2.45) is 5.92 Å². The maximum Gasteiger partial charge on any atom is 0.230 e. The van der Waals surface area contributed by atoms with E-state index in [1.165, 1.54) is 24.8 Å². The molecular weight excluding hydrogens is 358 g/mol. The van der Waals surface area contributed by atoms with Crippen LogP contribution in [0.5, 0.6) is 5.75 Å². The number of hydrogen-bond acceptors (Lipinski definition) is 2. The fourth-order valence-electron chi connectivity index (χ4n) is 4.01. The molecule has 0 radical (unpaired) electrons.